The van der Waals surface area contributed by atoms with Crippen molar-refractivity contribution in [3.05, 3.63) is 47.7 Å². The van der Waals surface area contributed by atoms with E-state index in [0.717, 1.165) is 73.7 Å². The number of rotatable bonds is 8. The zero-order valence-corrected chi connectivity index (χ0v) is 20.0. The van der Waals surface area contributed by atoms with Crippen molar-refractivity contribution >= 4 is 11.8 Å². The van der Waals surface area contributed by atoms with Gasteiger partial charge < -0.3 is 24.6 Å². The molecular weight excluding hydrogens is 404 g/mol. The molecule has 0 atom stereocenters. The molecule has 1 aliphatic rings. The molecule has 8 heteroatoms. The fraction of sp³-hybridized carbons (Fsp3) is 0.500. The number of aliphatic imine (C=N–C) groups is 1. The van der Waals surface area contributed by atoms with E-state index in [-0.39, 0.29) is 0 Å². The summed E-state index contributed by atoms with van der Waals surface area (Å²) in [7, 11) is 7.41. The zero-order chi connectivity index (χ0) is 22.9. The normalized spacial score (nSPS) is 14.9. The van der Waals surface area contributed by atoms with E-state index < -0.39 is 0 Å². The fourth-order valence-corrected chi connectivity index (χ4v) is 3.76. The molecule has 1 N–H and O–H groups in total. The SMILES string of the molecule is CCNC(=NCc1ccnc(N(C)C)c1)N1CCN(Cc2cc(OC)ccc2OC)CC1. The third-order valence-corrected chi connectivity index (χ3v) is 5.57. The molecule has 3 rings (SSSR count). The molecule has 1 fully saturated rings. The average molecular weight is 441 g/mol. The third-order valence-electron chi connectivity index (χ3n) is 5.57. The minimum atomic E-state index is 0.632. The predicted octanol–water partition coefficient (Wildman–Crippen LogP) is 2.45. The van der Waals surface area contributed by atoms with Crippen molar-refractivity contribution in [2.24, 2.45) is 4.99 Å². The molecule has 2 heterocycles. The predicted molar refractivity (Wildman–Crippen MR) is 130 cm³/mol. The highest BCUT2D eigenvalue weighted by atomic mass is 16.5. The Morgan fingerprint density at radius 1 is 1.09 bits per heavy atom. The van der Waals surface area contributed by atoms with Gasteiger partial charge in [0.2, 0.25) is 0 Å². The van der Waals surface area contributed by atoms with Crippen LogP contribution in [0.25, 0.3) is 0 Å². The number of hydrogen-bond donors (Lipinski definition) is 1. The van der Waals surface area contributed by atoms with E-state index in [4.69, 9.17) is 14.5 Å². The van der Waals surface area contributed by atoms with Crippen molar-refractivity contribution < 1.29 is 9.47 Å². The van der Waals surface area contributed by atoms with E-state index in [0.29, 0.717) is 6.54 Å². The van der Waals surface area contributed by atoms with Crippen LogP contribution in [0.15, 0.2) is 41.5 Å². The number of pyridine rings is 1. The lowest BCUT2D eigenvalue weighted by Crippen LogP contribution is -2.52. The van der Waals surface area contributed by atoms with Crippen LogP contribution in [-0.2, 0) is 13.1 Å². The molecule has 1 saturated heterocycles. The van der Waals surface area contributed by atoms with Crippen LogP contribution >= 0.6 is 0 Å². The fourth-order valence-electron chi connectivity index (χ4n) is 3.76. The van der Waals surface area contributed by atoms with E-state index in [1.165, 1.54) is 0 Å². The summed E-state index contributed by atoms with van der Waals surface area (Å²) < 4.78 is 10.9. The summed E-state index contributed by atoms with van der Waals surface area (Å²) in [5, 5.41) is 3.45. The minimum Gasteiger partial charge on any atom is -0.497 e. The van der Waals surface area contributed by atoms with Gasteiger partial charge >= 0.3 is 0 Å². The summed E-state index contributed by atoms with van der Waals surface area (Å²) in [6.45, 7) is 8.21. The summed E-state index contributed by atoms with van der Waals surface area (Å²) in [6.07, 6.45) is 1.85. The van der Waals surface area contributed by atoms with Gasteiger partial charge in [-0.15, -0.1) is 0 Å². The molecule has 0 aliphatic carbocycles. The first-order chi connectivity index (χ1) is 15.5. The molecule has 1 aromatic carbocycles. The molecule has 0 amide bonds. The first-order valence-corrected chi connectivity index (χ1v) is 11.1. The summed E-state index contributed by atoms with van der Waals surface area (Å²) in [6, 6.07) is 10.1. The maximum Gasteiger partial charge on any atom is 0.194 e. The molecule has 1 aromatic heterocycles. The lowest BCUT2D eigenvalue weighted by Gasteiger charge is -2.36. The van der Waals surface area contributed by atoms with Crippen LogP contribution in [0.4, 0.5) is 5.82 Å². The first kappa shape index (κ1) is 23.7. The second kappa shape index (κ2) is 11.6. The highest BCUT2D eigenvalue weighted by molar-refractivity contribution is 5.80. The second-order valence-electron chi connectivity index (χ2n) is 8.03. The first-order valence-electron chi connectivity index (χ1n) is 11.1. The number of piperazine rings is 1. The quantitative estimate of drug-likeness (QED) is 0.500. The highest BCUT2D eigenvalue weighted by Crippen LogP contribution is 2.25. The van der Waals surface area contributed by atoms with Gasteiger partial charge in [-0.05, 0) is 42.8 Å². The third kappa shape index (κ3) is 6.26. The van der Waals surface area contributed by atoms with E-state index >= 15 is 0 Å². The van der Waals surface area contributed by atoms with Crippen molar-refractivity contribution in [2.75, 3.05) is 65.9 Å². The Kier molecular flexibility index (Phi) is 8.56. The van der Waals surface area contributed by atoms with Crippen LogP contribution in [0.1, 0.15) is 18.1 Å². The molecule has 1 aliphatic heterocycles. The van der Waals surface area contributed by atoms with Crippen molar-refractivity contribution in [1.29, 1.82) is 0 Å². The number of methoxy groups -OCH3 is 2. The molecule has 0 spiro atoms. The molecular formula is C24H36N6O2. The number of benzene rings is 1. The minimum absolute atomic E-state index is 0.632. The number of nitrogens with zero attached hydrogens (tertiary/aromatic N) is 5. The Bertz CT molecular complexity index is 894. The lowest BCUT2D eigenvalue weighted by molar-refractivity contribution is 0.171. The summed E-state index contributed by atoms with van der Waals surface area (Å²) in [5.41, 5.74) is 2.30. The van der Waals surface area contributed by atoms with Gasteiger partial charge in [0.25, 0.3) is 0 Å². The number of ether oxygens (including phenoxy) is 2. The molecule has 174 valence electrons. The summed E-state index contributed by atoms with van der Waals surface area (Å²) in [4.78, 5) is 16.1. The molecule has 0 bridgehead atoms. The summed E-state index contributed by atoms with van der Waals surface area (Å²) in [5.74, 6) is 3.67. The van der Waals surface area contributed by atoms with Crippen molar-refractivity contribution in [3.63, 3.8) is 0 Å². The van der Waals surface area contributed by atoms with E-state index in [1.54, 1.807) is 14.2 Å². The van der Waals surface area contributed by atoms with Crippen LogP contribution < -0.4 is 19.7 Å². The molecule has 0 saturated carbocycles. The smallest absolute Gasteiger partial charge is 0.194 e. The van der Waals surface area contributed by atoms with Crippen molar-refractivity contribution in [3.8, 4) is 11.5 Å². The monoisotopic (exact) mass is 440 g/mol. The van der Waals surface area contributed by atoms with E-state index in [2.05, 4.69) is 39.2 Å². The van der Waals surface area contributed by atoms with Gasteiger partial charge in [-0.2, -0.15) is 0 Å². The van der Waals surface area contributed by atoms with Gasteiger partial charge in [0.15, 0.2) is 5.96 Å². The van der Waals surface area contributed by atoms with E-state index in [1.807, 2.05) is 43.4 Å². The molecule has 32 heavy (non-hydrogen) atoms. The van der Waals surface area contributed by atoms with Crippen LogP contribution in [0.5, 0.6) is 11.5 Å². The summed E-state index contributed by atoms with van der Waals surface area (Å²) >= 11 is 0. The molecule has 2 aromatic rings. The molecule has 0 radical (unpaired) electrons. The molecule has 8 nitrogen and oxygen atoms in total. The number of anilines is 1. The van der Waals surface area contributed by atoms with Gasteiger partial charge in [-0.25, -0.2) is 9.98 Å². The maximum atomic E-state index is 5.55. The number of guanidine groups is 1. The van der Waals surface area contributed by atoms with Gasteiger partial charge in [0.05, 0.1) is 20.8 Å². The van der Waals surface area contributed by atoms with E-state index in [9.17, 15) is 0 Å². The van der Waals surface area contributed by atoms with Gasteiger partial charge in [-0.1, -0.05) is 0 Å². The topological polar surface area (TPSA) is 65.5 Å². The van der Waals surface area contributed by atoms with Gasteiger partial charge in [-0.3, -0.25) is 4.90 Å². The maximum absolute atomic E-state index is 5.55. The van der Waals surface area contributed by atoms with Crippen molar-refractivity contribution in [1.82, 2.24) is 20.1 Å². The highest BCUT2D eigenvalue weighted by Gasteiger charge is 2.21. The Hall–Kier alpha value is -3.00. The van der Waals surface area contributed by atoms with Crippen molar-refractivity contribution in [2.45, 2.75) is 20.0 Å². The van der Waals surface area contributed by atoms with Crippen LogP contribution in [0.2, 0.25) is 0 Å². The Morgan fingerprint density at radius 2 is 1.88 bits per heavy atom. The zero-order valence-electron chi connectivity index (χ0n) is 20.0. The molecule has 0 unspecified atom stereocenters. The Morgan fingerprint density at radius 3 is 2.53 bits per heavy atom. The number of nitrogens with one attached hydrogen (secondary N) is 1. The van der Waals surface area contributed by atoms with Gasteiger partial charge in [0, 0.05) is 65.1 Å². The van der Waals surface area contributed by atoms with Crippen LogP contribution in [0, 0.1) is 0 Å². The number of aromatic nitrogens is 1. The number of hydrogen-bond acceptors (Lipinski definition) is 6. The van der Waals surface area contributed by atoms with Crippen LogP contribution in [0.3, 0.4) is 0 Å². The second-order valence-corrected chi connectivity index (χ2v) is 8.03. The largest absolute Gasteiger partial charge is 0.497 e. The van der Waals surface area contributed by atoms with Gasteiger partial charge in [0.1, 0.15) is 17.3 Å². The Labute approximate surface area is 191 Å². The van der Waals surface area contributed by atoms with Crippen LogP contribution in [-0.4, -0.2) is 81.8 Å². The Balaban J connectivity index is 1.61. The standard InChI is InChI=1S/C24H36N6O2/c1-6-25-24(27-17-19-9-10-26-23(15-19)28(2)3)30-13-11-29(12-14-30)18-20-16-21(31-4)7-8-22(20)32-5/h7-10,15-16H,6,11-14,17-18H2,1-5H3,(H,25,27). The average Bonchev–Trinajstić information content (AvgIpc) is 2.82. The lowest BCUT2D eigenvalue weighted by atomic mass is 10.1.